The van der Waals surface area contributed by atoms with E-state index in [1.165, 1.54) is 16.7 Å². The summed E-state index contributed by atoms with van der Waals surface area (Å²) in [6.07, 6.45) is 3.69. The van der Waals surface area contributed by atoms with Crippen LogP contribution in [0.15, 0.2) is 42.7 Å². The first-order chi connectivity index (χ1) is 9.61. The zero-order chi connectivity index (χ0) is 14.5. The van der Waals surface area contributed by atoms with Crippen LogP contribution in [0.25, 0.3) is 0 Å². The van der Waals surface area contributed by atoms with Crippen molar-refractivity contribution in [3.63, 3.8) is 0 Å². The standard InChI is InChI=1S/C17H22N2O/c1-12-7-8-16(17(10-12)20-4)14(3)19-13(2)15-6-5-9-18-11-15/h5-11,13-14,19H,1-4H3. The second kappa shape index (κ2) is 6.53. The highest BCUT2D eigenvalue weighted by Gasteiger charge is 2.14. The number of nitrogens with one attached hydrogen (secondary N) is 1. The summed E-state index contributed by atoms with van der Waals surface area (Å²) in [6, 6.07) is 10.8. The molecule has 2 aromatic rings. The summed E-state index contributed by atoms with van der Waals surface area (Å²) in [6.45, 7) is 6.37. The lowest BCUT2D eigenvalue weighted by Crippen LogP contribution is -2.23. The van der Waals surface area contributed by atoms with Crippen LogP contribution in [0, 0.1) is 6.92 Å². The van der Waals surface area contributed by atoms with Crippen molar-refractivity contribution >= 4 is 0 Å². The normalized spacial score (nSPS) is 13.8. The van der Waals surface area contributed by atoms with E-state index in [0.717, 1.165) is 5.75 Å². The van der Waals surface area contributed by atoms with Gasteiger partial charge in [-0.15, -0.1) is 0 Å². The largest absolute Gasteiger partial charge is 0.496 e. The molecular formula is C17H22N2O. The minimum Gasteiger partial charge on any atom is -0.496 e. The third kappa shape index (κ3) is 3.36. The molecule has 1 aromatic carbocycles. The molecule has 0 aliphatic rings. The van der Waals surface area contributed by atoms with Crippen LogP contribution in [0.1, 0.15) is 42.6 Å². The Balaban J connectivity index is 2.14. The van der Waals surface area contributed by atoms with E-state index in [4.69, 9.17) is 4.74 Å². The van der Waals surface area contributed by atoms with Crippen LogP contribution < -0.4 is 10.1 Å². The second-order valence-corrected chi connectivity index (χ2v) is 5.14. The van der Waals surface area contributed by atoms with Crippen molar-refractivity contribution in [3.8, 4) is 5.75 Å². The molecule has 0 radical (unpaired) electrons. The molecule has 1 heterocycles. The molecule has 0 aliphatic carbocycles. The molecule has 20 heavy (non-hydrogen) atoms. The molecular weight excluding hydrogens is 248 g/mol. The van der Waals surface area contributed by atoms with E-state index in [1.807, 2.05) is 12.3 Å². The number of nitrogens with zero attached hydrogens (tertiary/aromatic N) is 1. The number of rotatable bonds is 5. The molecule has 106 valence electrons. The molecule has 2 atom stereocenters. The van der Waals surface area contributed by atoms with Crippen LogP contribution in [-0.2, 0) is 0 Å². The number of hydrogen-bond donors (Lipinski definition) is 1. The molecule has 0 spiro atoms. The van der Waals surface area contributed by atoms with E-state index < -0.39 is 0 Å². The fourth-order valence-electron chi connectivity index (χ4n) is 2.37. The zero-order valence-electron chi connectivity index (χ0n) is 12.6. The number of methoxy groups -OCH3 is 1. The summed E-state index contributed by atoms with van der Waals surface area (Å²) in [7, 11) is 1.72. The number of hydrogen-bond acceptors (Lipinski definition) is 3. The summed E-state index contributed by atoms with van der Waals surface area (Å²) in [5, 5.41) is 3.59. The van der Waals surface area contributed by atoms with Crippen molar-refractivity contribution in [1.29, 1.82) is 0 Å². The maximum atomic E-state index is 5.48. The molecule has 3 nitrogen and oxygen atoms in total. The third-order valence-corrected chi connectivity index (χ3v) is 3.54. The molecule has 0 amide bonds. The average molecular weight is 270 g/mol. The van der Waals surface area contributed by atoms with E-state index in [0.29, 0.717) is 0 Å². The van der Waals surface area contributed by atoms with Gasteiger partial charge in [-0.25, -0.2) is 0 Å². The Kier molecular flexibility index (Phi) is 4.74. The molecule has 0 saturated heterocycles. The molecule has 2 rings (SSSR count). The van der Waals surface area contributed by atoms with Gasteiger partial charge in [0.15, 0.2) is 0 Å². The summed E-state index contributed by atoms with van der Waals surface area (Å²) in [4.78, 5) is 4.17. The van der Waals surface area contributed by atoms with Crippen LogP contribution in [0.3, 0.4) is 0 Å². The van der Waals surface area contributed by atoms with Gasteiger partial charge in [-0.05, 0) is 44.0 Å². The van der Waals surface area contributed by atoms with E-state index in [2.05, 4.69) is 55.3 Å². The lowest BCUT2D eigenvalue weighted by molar-refractivity contribution is 0.396. The minimum atomic E-state index is 0.209. The molecule has 2 unspecified atom stereocenters. The van der Waals surface area contributed by atoms with Gasteiger partial charge >= 0.3 is 0 Å². The van der Waals surface area contributed by atoms with Crippen molar-refractivity contribution in [1.82, 2.24) is 10.3 Å². The molecule has 0 bridgehead atoms. The third-order valence-electron chi connectivity index (χ3n) is 3.54. The first kappa shape index (κ1) is 14.5. The van der Waals surface area contributed by atoms with Crippen LogP contribution in [0.2, 0.25) is 0 Å². The van der Waals surface area contributed by atoms with Crippen LogP contribution >= 0.6 is 0 Å². The SMILES string of the molecule is COc1cc(C)ccc1C(C)NC(C)c1cccnc1. The predicted molar refractivity (Wildman–Crippen MR) is 81.9 cm³/mol. The Morgan fingerprint density at radius 2 is 1.95 bits per heavy atom. The topological polar surface area (TPSA) is 34.1 Å². The van der Waals surface area contributed by atoms with Crippen LogP contribution in [0.5, 0.6) is 5.75 Å². The fraction of sp³-hybridized carbons (Fsp3) is 0.353. The van der Waals surface area contributed by atoms with Crippen LogP contribution in [0.4, 0.5) is 0 Å². The summed E-state index contributed by atoms with van der Waals surface area (Å²) in [5.74, 6) is 0.934. The van der Waals surface area contributed by atoms with Crippen molar-refractivity contribution in [2.45, 2.75) is 32.9 Å². The van der Waals surface area contributed by atoms with Gasteiger partial charge in [0, 0.05) is 30.0 Å². The quantitative estimate of drug-likeness (QED) is 0.897. The van der Waals surface area contributed by atoms with Crippen LogP contribution in [-0.4, -0.2) is 12.1 Å². The van der Waals surface area contributed by atoms with Gasteiger partial charge in [-0.2, -0.15) is 0 Å². The Bertz CT molecular complexity index is 554. The van der Waals surface area contributed by atoms with Gasteiger partial charge in [0.25, 0.3) is 0 Å². The molecule has 3 heteroatoms. The van der Waals surface area contributed by atoms with E-state index in [1.54, 1.807) is 13.3 Å². The Morgan fingerprint density at radius 3 is 2.60 bits per heavy atom. The average Bonchev–Trinajstić information content (AvgIpc) is 2.47. The zero-order valence-corrected chi connectivity index (χ0v) is 12.6. The number of aromatic nitrogens is 1. The predicted octanol–water partition coefficient (Wildman–Crippen LogP) is 3.81. The van der Waals surface area contributed by atoms with Gasteiger partial charge in [0.1, 0.15) is 5.75 Å². The molecule has 0 aliphatic heterocycles. The monoisotopic (exact) mass is 270 g/mol. The smallest absolute Gasteiger partial charge is 0.123 e. The lowest BCUT2D eigenvalue weighted by Gasteiger charge is -2.22. The summed E-state index contributed by atoms with van der Waals surface area (Å²) >= 11 is 0. The van der Waals surface area contributed by atoms with E-state index >= 15 is 0 Å². The van der Waals surface area contributed by atoms with Gasteiger partial charge in [0.2, 0.25) is 0 Å². The highest BCUT2D eigenvalue weighted by atomic mass is 16.5. The Morgan fingerprint density at radius 1 is 1.15 bits per heavy atom. The molecule has 0 fully saturated rings. The highest BCUT2D eigenvalue weighted by Crippen LogP contribution is 2.27. The Labute approximate surface area is 121 Å². The fourth-order valence-corrected chi connectivity index (χ4v) is 2.37. The van der Waals surface area contributed by atoms with Crippen molar-refractivity contribution < 1.29 is 4.74 Å². The summed E-state index contributed by atoms with van der Waals surface area (Å²) < 4.78 is 5.48. The first-order valence-corrected chi connectivity index (χ1v) is 6.92. The van der Waals surface area contributed by atoms with Gasteiger partial charge < -0.3 is 10.1 Å². The van der Waals surface area contributed by atoms with Crippen molar-refractivity contribution in [2.75, 3.05) is 7.11 Å². The Hall–Kier alpha value is -1.87. The number of benzene rings is 1. The van der Waals surface area contributed by atoms with Gasteiger partial charge in [-0.1, -0.05) is 18.2 Å². The second-order valence-electron chi connectivity index (χ2n) is 5.14. The molecule has 1 N–H and O–H groups in total. The van der Waals surface area contributed by atoms with Crippen molar-refractivity contribution in [2.24, 2.45) is 0 Å². The van der Waals surface area contributed by atoms with Crippen molar-refractivity contribution in [3.05, 3.63) is 59.4 Å². The number of pyridine rings is 1. The minimum absolute atomic E-state index is 0.209. The highest BCUT2D eigenvalue weighted by molar-refractivity contribution is 5.39. The van der Waals surface area contributed by atoms with E-state index in [-0.39, 0.29) is 12.1 Å². The summed E-state index contributed by atoms with van der Waals surface area (Å²) in [5.41, 5.74) is 3.57. The first-order valence-electron chi connectivity index (χ1n) is 6.92. The lowest BCUT2D eigenvalue weighted by atomic mass is 10.0. The van der Waals surface area contributed by atoms with E-state index in [9.17, 15) is 0 Å². The maximum Gasteiger partial charge on any atom is 0.123 e. The van der Waals surface area contributed by atoms with Gasteiger partial charge in [0.05, 0.1) is 7.11 Å². The number of aryl methyl sites for hydroxylation is 1. The number of ether oxygens (including phenoxy) is 1. The van der Waals surface area contributed by atoms with Gasteiger partial charge in [-0.3, -0.25) is 4.98 Å². The maximum absolute atomic E-state index is 5.48. The molecule has 0 saturated carbocycles. The molecule has 1 aromatic heterocycles.